The first-order valence-corrected chi connectivity index (χ1v) is 5.79. The average Bonchev–Trinajstić information content (AvgIpc) is 2.26. The normalized spacial score (nSPS) is 14.7. The van der Waals surface area contributed by atoms with Crippen molar-refractivity contribution < 1.29 is 10.2 Å². The van der Waals surface area contributed by atoms with Crippen molar-refractivity contribution in [3.05, 3.63) is 29.8 Å². The Bertz CT molecular complexity index is 315. The highest BCUT2D eigenvalue weighted by molar-refractivity contribution is 5.29. The highest BCUT2D eigenvalue weighted by Gasteiger charge is 2.09. The van der Waals surface area contributed by atoms with Crippen molar-refractivity contribution in [3.63, 3.8) is 0 Å². The fourth-order valence-corrected chi connectivity index (χ4v) is 1.80. The summed E-state index contributed by atoms with van der Waals surface area (Å²) in [6, 6.07) is 7.87. The summed E-state index contributed by atoms with van der Waals surface area (Å²) in [6.07, 6.45) is 1.78. The number of aromatic hydroxyl groups is 1. The van der Waals surface area contributed by atoms with E-state index in [1.54, 1.807) is 12.1 Å². The third kappa shape index (κ3) is 4.21. The van der Waals surface area contributed by atoms with Crippen molar-refractivity contribution in [2.75, 3.05) is 6.61 Å². The standard InChI is InChI=1S/C13H21NO2/c1-10(5-4-8-15)14-11(2)12-6-3-7-13(16)9-12/h3,6-7,9-11,14-16H,4-5,8H2,1-2H3. The third-order valence-electron chi connectivity index (χ3n) is 2.70. The molecule has 90 valence electrons. The second-order valence-corrected chi connectivity index (χ2v) is 4.25. The lowest BCUT2D eigenvalue weighted by Crippen LogP contribution is -2.29. The van der Waals surface area contributed by atoms with Crippen molar-refractivity contribution in [2.45, 2.75) is 38.8 Å². The predicted molar refractivity (Wildman–Crippen MR) is 65.4 cm³/mol. The van der Waals surface area contributed by atoms with Gasteiger partial charge in [0.1, 0.15) is 5.75 Å². The van der Waals surface area contributed by atoms with Crippen LogP contribution < -0.4 is 5.32 Å². The molecular formula is C13H21NO2. The van der Waals surface area contributed by atoms with Gasteiger partial charge in [0.2, 0.25) is 0 Å². The molecule has 2 atom stereocenters. The van der Waals surface area contributed by atoms with E-state index in [4.69, 9.17) is 5.11 Å². The van der Waals surface area contributed by atoms with Gasteiger partial charge in [-0.15, -0.1) is 0 Å². The highest BCUT2D eigenvalue weighted by atomic mass is 16.3. The van der Waals surface area contributed by atoms with Gasteiger partial charge >= 0.3 is 0 Å². The largest absolute Gasteiger partial charge is 0.508 e. The molecule has 0 aliphatic rings. The van der Waals surface area contributed by atoms with Crippen LogP contribution in [0.5, 0.6) is 5.75 Å². The number of nitrogens with one attached hydrogen (secondary N) is 1. The van der Waals surface area contributed by atoms with E-state index in [0.717, 1.165) is 18.4 Å². The van der Waals surface area contributed by atoms with Crippen molar-refractivity contribution in [2.24, 2.45) is 0 Å². The lowest BCUT2D eigenvalue weighted by atomic mass is 10.1. The van der Waals surface area contributed by atoms with Gasteiger partial charge in [0.05, 0.1) is 0 Å². The first kappa shape index (κ1) is 13.0. The van der Waals surface area contributed by atoms with Crippen molar-refractivity contribution in [3.8, 4) is 5.75 Å². The summed E-state index contributed by atoms with van der Waals surface area (Å²) in [5.41, 5.74) is 1.08. The Hall–Kier alpha value is -1.06. The van der Waals surface area contributed by atoms with Crippen LogP contribution in [0.3, 0.4) is 0 Å². The van der Waals surface area contributed by atoms with Crippen molar-refractivity contribution in [1.29, 1.82) is 0 Å². The summed E-state index contributed by atoms with van der Waals surface area (Å²) in [4.78, 5) is 0. The SMILES string of the molecule is CC(CCCO)NC(C)c1cccc(O)c1. The summed E-state index contributed by atoms with van der Waals surface area (Å²) in [5, 5.41) is 21.6. The summed E-state index contributed by atoms with van der Waals surface area (Å²) >= 11 is 0. The highest BCUT2D eigenvalue weighted by Crippen LogP contribution is 2.18. The molecule has 0 aromatic heterocycles. The topological polar surface area (TPSA) is 52.5 Å². The molecule has 0 spiro atoms. The summed E-state index contributed by atoms with van der Waals surface area (Å²) in [6.45, 7) is 4.42. The number of aliphatic hydroxyl groups is 1. The van der Waals surface area contributed by atoms with E-state index in [1.807, 2.05) is 12.1 Å². The number of phenols is 1. The van der Waals surface area contributed by atoms with Crippen LogP contribution in [0.2, 0.25) is 0 Å². The van der Waals surface area contributed by atoms with Gasteiger partial charge in [-0.05, 0) is 44.4 Å². The predicted octanol–water partition coefficient (Wildman–Crippen LogP) is 2.20. The molecule has 1 aromatic carbocycles. The van der Waals surface area contributed by atoms with Crippen LogP contribution in [-0.2, 0) is 0 Å². The fraction of sp³-hybridized carbons (Fsp3) is 0.538. The molecule has 0 bridgehead atoms. The van der Waals surface area contributed by atoms with Gasteiger partial charge in [-0.2, -0.15) is 0 Å². The Kier molecular flexibility index (Phi) is 5.29. The van der Waals surface area contributed by atoms with E-state index in [9.17, 15) is 5.11 Å². The first-order valence-electron chi connectivity index (χ1n) is 5.79. The molecule has 2 unspecified atom stereocenters. The molecule has 3 heteroatoms. The number of hydrogen-bond donors (Lipinski definition) is 3. The van der Waals surface area contributed by atoms with Crippen LogP contribution >= 0.6 is 0 Å². The smallest absolute Gasteiger partial charge is 0.115 e. The monoisotopic (exact) mass is 223 g/mol. The molecule has 0 saturated heterocycles. The molecular weight excluding hydrogens is 202 g/mol. The molecule has 1 aromatic rings. The molecule has 16 heavy (non-hydrogen) atoms. The minimum absolute atomic E-state index is 0.209. The molecule has 1 rings (SSSR count). The van der Waals surface area contributed by atoms with Gasteiger partial charge in [-0.3, -0.25) is 0 Å². The zero-order valence-corrected chi connectivity index (χ0v) is 9.98. The Balaban J connectivity index is 2.48. The van der Waals surface area contributed by atoms with Gasteiger partial charge in [-0.25, -0.2) is 0 Å². The Morgan fingerprint density at radius 2 is 2.06 bits per heavy atom. The van der Waals surface area contributed by atoms with E-state index in [2.05, 4.69) is 19.2 Å². The minimum Gasteiger partial charge on any atom is -0.508 e. The van der Waals surface area contributed by atoms with Crippen LogP contribution in [0.25, 0.3) is 0 Å². The second-order valence-electron chi connectivity index (χ2n) is 4.25. The fourth-order valence-electron chi connectivity index (χ4n) is 1.80. The maximum absolute atomic E-state index is 9.38. The molecule has 3 N–H and O–H groups in total. The molecule has 0 fully saturated rings. The van der Waals surface area contributed by atoms with Gasteiger partial charge in [0.15, 0.2) is 0 Å². The number of phenolic OH excluding ortho intramolecular Hbond substituents is 1. The lowest BCUT2D eigenvalue weighted by Gasteiger charge is -2.20. The third-order valence-corrected chi connectivity index (χ3v) is 2.70. The van der Waals surface area contributed by atoms with E-state index < -0.39 is 0 Å². The molecule has 0 radical (unpaired) electrons. The van der Waals surface area contributed by atoms with Crippen molar-refractivity contribution in [1.82, 2.24) is 5.32 Å². The van der Waals surface area contributed by atoms with E-state index in [1.165, 1.54) is 0 Å². The van der Waals surface area contributed by atoms with Gasteiger partial charge in [0.25, 0.3) is 0 Å². The summed E-state index contributed by atoms with van der Waals surface area (Å²) in [5.74, 6) is 0.300. The number of benzene rings is 1. The van der Waals surface area contributed by atoms with Crippen LogP contribution in [0.4, 0.5) is 0 Å². The second kappa shape index (κ2) is 6.51. The maximum Gasteiger partial charge on any atom is 0.115 e. The quantitative estimate of drug-likeness (QED) is 0.693. The Morgan fingerprint density at radius 3 is 2.69 bits per heavy atom. The van der Waals surface area contributed by atoms with E-state index in [-0.39, 0.29) is 12.6 Å². The molecule has 0 amide bonds. The first-order chi connectivity index (χ1) is 7.63. The number of hydrogen-bond acceptors (Lipinski definition) is 3. The lowest BCUT2D eigenvalue weighted by molar-refractivity contribution is 0.274. The van der Waals surface area contributed by atoms with Gasteiger partial charge < -0.3 is 15.5 Å². The number of aliphatic hydroxyl groups excluding tert-OH is 1. The van der Waals surface area contributed by atoms with Gasteiger partial charge in [0, 0.05) is 18.7 Å². The van der Waals surface area contributed by atoms with Crippen LogP contribution in [0.15, 0.2) is 24.3 Å². The van der Waals surface area contributed by atoms with E-state index >= 15 is 0 Å². The van der Waals surface area contributed by atoms with Crippen LogP contribution in [0.1, 0.15) is 38.3 Å². The van der Waals surface area contributed by atoms with Crippen molar-refractivity contribution >= 4 is 0 Å². The minimum atomic E-state index is 0.209. The molecule has 0 saturated carbocycles. The average molecular weight is 223 g/mol. The zero-order valence-electron chi connectivity index (χ0n) is 9.98. The molecule has 0 aliphatic carbocycles. The molecule has 0 heterocycles. The Morgan fingerprint density at radius 1 is 1.31 bits per heavy atom. The maximum atomic E-state index is 9.38. The number of rotatable bonds is 6. The van der Waals surface area contributed by atoms with Gasteiger partial charge in [-0.1, -0.05) is 12.1 Å². The summed E-state index contributed by atoms with van der Waals surface area (Å²) < 4.78 is 0. The Labute approximate surface area is 97.1 Å². The summed E-state index contributed by atoms with van der Waals surface area (Å²) in [7, 11) is 0. The van der Waals surface area contributed by atoms with E-state index in [0.29, 0.717) is 11.8 Å². The molecule has 0 aliphatic heterocycles. The zero-order chi connectivity index (χ0) is 12.0. The molecule has 3 nitrogen and oxygen atoms in total. The van der Waals surface area contributed by atoms with Crippen LogP contribution in [-0.4, -0.2) is 22.9 Å². The van der Waals surface area contributed by atoms with Crippen LogP contribution in [0, 0.1) is 0 Å².